The summed E-state index contributed by atoms with van der Waals surface area (Å²) in [6.07, 6.45) is 10.5. The van der Waals surface area contributed by atoms with Gasteiger partial charge in [0.15, 0.2) is 17.1 Å². The summed E-state index contributed by atoms with van der Waals surface area (Å²) in [5.74, 6) is 0.359. The molecule has 0 atom stereocenters. The van der Waals surface area contributed by atoms with Gasteiger partial charge in [-0.2, -0.15) is 5.10 Å². The molecule has 0 saturated heterocycles. The van der Waals surface area contributed by atoms with Crippen LogP contribution in [0.2, 0.25) is 0 Å². The van der Waals surface area contributed by atoms with Crippen molar-refractivity contribution in [2.45, 2.75) is 6.92 Å². The number of carbonyl (C=O) groups is 1. The third-order valence-electron chi connectivity index (χ3n) is 6.36. The maximum absolute atomic E-state index is 12.6. The van der Waals surface area contributed by atoms with Gasteiger partial charge in [-0.3, -0.25) is 14.9 Å². The molecule has 0 aliphatic heterocycles. The van der Waals surface area contributed by atoms with Crippen molar-refractivity contribution in [2.75, 3.05) is 5.32 Å². The standard InChI is InChI=1S/C28H20N10O/c1-16-14-38(15-32-16)22-7-8-30-26-24(22)34-27(35-26)23-21-10-19(12-31-25(21)37-36-23)18-9-20(13-29-11-18)33-28(39)17-5-3-2-4-6-17/h2-15H,1H3,(H,33,39)(H,30,34,35)(H,31,36,37). The Labute approximate surface area is 221 Å². The summed E-state index contributed by atoms with van der Waals surface area (Å²) in [5.41, 5.74) is 7.12. The first kappa shape index (κ1) is 22.5. The van der Waals surface area contributed by atoms with Crippen LogP contribution in [0.1, 0.15) is 16.1 Å². The van der Waals surface area contributed by atoms with Gasteiger partial charge < -0.3 is 14.9 Å². The lowest BCUT2D eigenvalue weighted by molar-refractivity contribution is 0.102. The summed E-state index contributed by atoms with van der Waals surface area (Å²) >= 11 is 0. The second kappa shape index (κ2) is 8.99. The molecule has 3 N–H and O–H groups in total. The van der Waals surface area contributed by atoms with Gasteiger partial charge in [-0.05, 0) is 37.3 Å². The molecule has 0 aliphatic rings. The number of benzene rings is 1. The lowest BCUT2D eigenvalue weighted by atomic mass is 10.1. The minimum absolute atomic E-state index is 0.205. The Morgan fingerprint density at radius 2 is 1.82 bits per heavy atom. The highest BCUT2D eigenvalue weighted by Crippen LogP contribution is 2.30. The summed E-state index contributed by atoms with van der Waals surface area (Å²) in [6.45, 7) is 1.94. The van der Waals surface area contributed by atoms with Crippen molar-refractivity contribution in [3.8, 4) is 28.3 Å². The van der Waals surface area contributed by atoms with Gasteiger partial charge >= 0.3 is 0 Å². The van der Waals surface area contributed by atoms with Crippen molar-refractivity contribution in [1.82, 2.24) is 44.7 Å². The monoisotopic (exact) mass is 512 g/mol. The summed E-state index contributed by atoms with van der Waals surface area (Å²) in [4.78, 5) is 38.4. The van der Waals surface area contributed by atoms with Crippen LogP contribution in [0, 0.1) is 6.92 Å². The molecule has 11 heteroatoms. The van der Waals surface area contributed by atoms with E-state index < -0.39 is 0 Å². The van der Waals surface area contributed by atoms with E-state index in [0.717, 1.165) is 27.9 Å². The summed E-state index contributed by atoms with van der Waals surface area (Å²) < 4.78 is 1.92. The highest BCUT2D eigenvalue weighted by atomic mass is 16.1. The predicted molar refractivity (Wildman–Crippen MR) is 146 cm³/mol. The number of hydrogen-bond donors (Lipinski definition) is 3. The number of aromatic amines is 2. The molecule has 11 nitrogen and oxygen atoms in total. The molecule has 1 aromatic carbocycles. The number of rotatable bonds is 5. The van der Waals surface area contributed by atoms with Crippen molar-refractivity contribution >= 4 is 33.8 Å². The van der Waals surface area contributed by atoms with Crippen LogP contribution in [0.4, 0.5) is 5.69 Å². The predicted octanol–water partition coefficient (Wildman–Crippen LogP) is 4.70. The number of nitrogens with zero attached hydrogens (tertiary/aromatic N) is 7. The van der Waals surface area contributed by atoms with Crippen LogP contribution in [-0.2, 0) is 0 Å². The molecule has 0 spiro atoms. The van der Waals surface area contributed by atoms with Crippen LogP contribution in [0.3, 0.4) is 0 Å². The first-order chi connectivity index (χ1) is 19.1. The molecule has 0 bridgehead atoms. The van der Waals surface area contributed by atoms with E-state index in [1.54, 1.807) is 43.2 Å². The molecule has 6 aromatic heterocycles. The molecule has 1 amide bonds. The van der Waals surface area contributed by atoms with Crippen LogP contribution < -0.4 is 5.32 Å². The SMILES string of the molecule is Cc1cn(-c2ccnc3[nH]c(-c4n[nH]c5ncc(-c6cncc(NC(=O)c7ccccc7)c6)cc45)nc23)cn1. The third-order valence-corrected chi connectivity index (χ3v) is 6.36. The highest BCUT2D eigenvalue weighted by molar-refractivity contribution is 6.04. The van der Waals surface area contributed by atoms with Crippen molar-refractivity contribution < 1.29 is 4.79 Å². The first-order valence-electron chi connectivity index (χ1n) is 12.1. The molecular formula is C28H20N10O. The lowest BCUT2D eigenvalue weighted by Crippen LogP contribution is -2.11. The molecule has 0 radical (unpaired) electrons. The average Bonchev–Trinajstić information content (AvgIpc) is 3.71. The Hall–Kier alpha value is -5.71. The Morgan fingerprint density at radius 3 is 2.67 bits per heavy atom. The maximum Gasteiger partial charge on any atom is 0.255 e. The molecule has 6 heterocycles. The molecule has 7 aromatic rings. The second-order valence-electron chi connectivity index (χ2n) is 9.01. The fourth-order valence-corrected chi connectivity index (χ4v) is 4.47. The number of aromatic nitrogens is 9. The number of nitrogens with one attached hydrogen (secondary N) is 3. The maximum atomic E-state index is 12.6. The summed E-state index contributed by atoms with van der Waals surface area (Å²) in [6, 6.07) is 14.8. The van der Waals surface area contributed by atoms with Gasteiger partial charge in [-0.15, -0.1) is 0 Å². The average molecular weight is 513 g/mol. The molecular weight excluding hydrogens is 492 g/mol. The fraction of sp³-hybridized carbons (Fsp3) is 0.0357. The normalized spacial score (nSPS) is 11.3. The minimum Gasteiger partial charge on any atom is -0.321 e. The quantitative estimate of drug-likeness (QED) is 0.303. The number of pyridine rings is 3. The van der Waals surface area contributed by atoms with Crippen molar-refractivity contribution in [3.63, 3.8) is 0 Å². The number of anilines is 1. The number of fused-ring (bicyclic) bond motifs is 2. The Balaban J connectivity index is 1.25. The largest absolute Gasteiger partial charge is 0.321 e. The van der Waals surface area contributed by atoms with Gasteiger partial charge in [-0.1, -0.05) is 18.2 Å². The van der Waals surface area contributed by atoms with Gasteiger partial charge in [0.1, 0.15) is 11.2 Å². The topological polar surface area (TPSA) is 143 Å². The van der Waals surface area contributed by atoms with E-state index in [4.69, 9.17) is 4.98 Å². The highest BCUT2D eigenvalue weighted by Gasteiger charge is 2.17. The van der Waals surface area contributed by atoms with Crippen LogP contribution in [0.15, 0.2) is 85.8 Å². The molecule has 39 heavy (non-hydrogen) atoms. The van der Waals surface area contributed by atoms with Crippen LogP contribution in [-0.4, -0.2) is 50.6 Å². The number of hydrogen-bond acceptors (Lipinski definition) is 7. The summed E-state index contributed by atoms with van der Waals surface area (Å²) in [7, 11) is 0. The zero-order valence-corrected chi connectivity index (χ0v) is 20.6. The van der Waals surface area contributed by atoms with Crippen LogP contribution >= 0.6 is 0 Å². The number of imidazole rings is 2. The van der Waals surface area contributed by atoms with Gasteiger partial charge in [0.25, 0.3) is 5.91 Å². The van der Waals surface area contributed by atoms with Gasteiger partial charge in [-0.25, -0.2) is 19.9 Å². The minimum atomic E-state index is -0.205. The smallest absolute Gasteiger partial charge is 0.255 e. The van der Waals surface area contributed by atoms with Gasteiger partial charge in [0.05, 0.1) is 35.0 Å². The van der Waals surface area contributed by atoms with E-state index in [-0.39, 0.29) is 5.91 Å². The number of carbonyl (C=O) groups excluding carboxylic acids is 1. The van der Waals surface area contributed by atoms with E-state index >= 15 is 0 Å². The van der Waals surface area contributed by atoms with E-state index in [9.17, 15) is 4.79 Å². The zero-order chi connectivity index (χ0) is 26.3. The van der Waals surface area contributed by atoms with E-state index in [1.165, 1.54) is 0 Å². The van der Waals surface area contributed by atoms with Crippen LogP contribution in [0.25, 0.3) is 50.5 Å². The van der Waals surface area contributed by atoms with Crippen molar-refractivity contribution in [3.05, 3.63) is 97.1 Å². The number of H-pyrrole nitrogens is 2. The molecule has 0 unspecified atom stereocenters. The molecule has 188 valence electrons. The number of amides is 1. The molecule has 0 fully saturated rings. The first-order valence-corrected chi connectivity index (χ1v) is 12.1. The third kappa shape index (κ3) is 4.07. The Kier molecular flexibility index (Phi) is 5.18. The van der Waals surface area contributed by atoms with Gasteiger partial charge in [0, 0.05) is 41.5 Å². The van der Waals surface area contributed by atoms with Crippen LogP contribution in [0.5, 0.6) is 0 Å². The van der Waals surface area contributed by atoms with Gasteiger partial charge in [0.2, 0.25) is 0 Å². The Morgan fingerprint density at radius 1 is 0.949 bits per heavy atom. The van der Waals surface area contributed by atoms with E-state index in [0.29, 0.717) is 39.6 Å². The lowest BCUT2D eigenvalue weighted by Gasteiger charge is -2.07. The van der Waals surface area contributed by atoms with E-state index in [1.807, 2.05) is 54.1 Å². The molecule has 7 rings (SSSR count). The Bertz CT molecular complexity index is 1990. The fourth-order valence-electron chi connectivity index (χ4n) is 4.47. The van der Waals surface area contributed by atoms with Crippen molar-refractivity contribution in [2.24, 2.45) is 0 Å². The molecule has 0 saturated carbocycles. The number of aryl methyl sites for hydroxylation is 1. The second-order valence-corrected chi connectivity index (χ2v) is 9.01. The summed E-state index contributed by atoms with van der Waals surface area (Å²) in [5, 5.41) is 11.2. The zero-order valence-electron chi connectivity index (χ0n) is 20.6. The van der Waals surface area contributed by atoms with E-state index in [2.05, 4.69) is 40.4 Å². The van der Waals surface area contributed by atoms with Crippen molar-refractivity contribution in [1.29, 1.82) is 0 Å². The molecule has 0 aliphatic carbocycles.